The van der Waals surface area contributed by atoms with Gasteiger partial charge in [0.05, 0.1) is 6.21 Å². The Hall–Kier alpha value is -2.37. The summed E-state index contributed by atoms with van der Waals surface area (Å²) in [6.07, 6.45) is 4.37. The van der Waals surface area contributed by atoms with E-state index in [1.165, 1.54) is 0 Å². The van der Waals surface area contributed by atoms with Crippen molar-refractivity contribution in [3.8, 4) is 0 Å². The summed E-state index contributed by atoms with van der Waals surface area (Å²) in [5.74, 6) is 4.88. The average Bonchev–Trinajstić information content (AvgIpc) is 2.58. The number of piperidine rings is 1. The zero-order chi connectivity index (χ0) is 17.5. The highest BCUT2D eigenvalue weighted by Gasteiger charge is 2.31. The summed E-state index contributed by atoms with van der Waals surface area (Å²) in [5, 5.41) is 6.43. The third-order valence-corrected chi connectivity index (χ3v) is 4.43. The monoisotopic (exact) mass is 330 g/mol. The lowest BCUT2D eigenvalue weighted by Crippen LogP contribution is -2.44. The molecule has 1 aliphatic rings. The van der Waals surface area contributed by atoms with Crippen LogP contribution in [-0.4, -0.2) is 30.6 Å². The number of hydrogen-bond donors (Lipinski definition) is 2. The Morgan fingerprint density at radius 1 is 1.46 bits per heavy atom. The van der Waals surface area contributed by atoms with Gasteiger partial charge in [-0.05, 0) is 43.9 Å². The van der Waals surface area contributed by atoms with E-state index in [2.05, 4.69) is 10.4 Å². The fourth-order valence-electron chi connectivity index (χ4n) is 2.88. The lowest BCUT2D eigenvalue weighted by atomic mass is 9.92. The number of carbonyl (C=O) groups excluding carboxylic acids is 2. The smallest absolute Gasteiger partial charge is 0.230 e. The Morgan fingerprint density at radius 2 is 2.17 bits per heavy atom. The molecule has 2 unspecified atom stereocenters. The lowest BCUT2D eigenvalue weighted by molar-refractivity contribution is -0.130. The van der Waals surface area contributed by atoms with E-state index >= 15 is 0 Å². The molecule has 0 spiro atoms. The van der Waals surface area contributed by atoms with Gasteiger partial charge in [-0.15, -0.1) is 0 Å². The minimum Gasteiger partial charge on any atom is -0.354 e. The number of nitrogens with two attached hydrogens (primary N) is 1. The van der Waals surface area contributed by atoms with Crippen molar-refractivity contribution in [2.45, 2.75) is 45.6 Å². The van der Waals surface area contributed by atoms with Crippen LogP contribution in [0.5, 0.6) is 0 Å². The van der Waals surface area contributed by atoms with E-state index in [4.69, 9.17) is 5.84 Å². The van der Waals surface area contributed by atoms with Gasteiger partial charge in [-0.3, -0.25) is 9.59 Å². The highest BCUT2D eigenvalue weighted by atomic mass is 16.2. The van der Waals surface area contributed by atoms with E-state index in [0.717, 1.165) is 30.5 Å². The number of anilines is 1. The molecule has 1 heterocycles. The normalized spacial score (nSPS) is 19.5. The van der Waals surface area contributed by atoms with Gasteiger partial charge in [-0.25, -0.2) is 0 Å². The van der Waals surface area contributed by atoms with Crippen molar-refractivity contribution < 1.29 is 9.59 Å². The molecule has 1 aromatic carbocycles. The van der Waals surface area contributed by atoms with Gasteiger partial charge in [-0.1, -0.05) is 19.1 Å². The van der Waals surface area contributed by atoms with Crippen LogP contribution in [-0.2, 0) is 9.59 Å². The summed E-state index contributed by atoms with van der Waals surface area (Å²) < 4.78 is 0. The number of hydrazone groups is 1. The first-order valence-electron chi connectivity index (χ1n) is 8.49. The molecule has 1 aliphatic heterocycles. The molecule has 130 valence electrons. The minimum absolute atomic E-state index is 0.0285. The van der Waals surface area contributed by atoms with E-state index in [9.17, 15) is 9.59 Å². The van der Waals surface area contributed by atoms with Crippen LogP contribution in [0.3, 0.4) is 0 Å². The maximum Gasteiger partial charge on any atom is 0.230 e. The molecule has 1 aromatic rings. The Morgan fingerprint density at radius 3 is 2.79 bits per heavy atom. The van der Waals surface area contributed by atoms with Gasteiger partial charge in [0.25, 0.3) is 0 Å². The van der Waals surface area contributed by atoms with E-state index in [0.29, 0.717) is 6.54 Å². The first-order valence-corrected chi connectivity index (χ1v) is 8.49. The van der Waals surface area contributed by atoms with Crippen molar-refractivity contribution in [2.24, 2.45) is 16.9 Å². The molecule has 0 saturated carbocycles. The molecule has 2 rings (SSSR count). The summed E-state index contributed by atoms with van der Waals surface area (Å²) in [6, 6.07) is 7.66. The molecule has 2 atom stereocenters. The summed E-state index contributed by atoms with van der Waals surface area (Å²) in [4.78, 5) is 26.6. The second-order valence-electron chi connectivity index (χ2n) is 6.28. The molecule has 0 aromatic heterocycles. The SMILES string of the molecule is CCC(C)NC(=O)CC1CCCN(c2ccc(C=NN)cc2)C1=O. The van der Waals surface area contributed by atoms with Crippen LogP contribution in [0.4, 0.5) is 5.69 Å². The highest BCUT2D eigenvalue weighted by molar-refractivity contribution is 5.98. The van der Waals surface area contributed by atoms with Crippen molar-refractivity contribution in [1.82, 2.24) is 5.32 Å². The zero-order valence-electron chi connectivity index (χ0n) is 14.4. The number of nitrogens with zero attached hydrogens (tertiary/aromatic N) is 2. The Kier molecular flexibility index (Phi) is 6.35. The number of benzene rings is 1. The first kappa shape index (κ1) is 18.0. The molecule has 0 aliphatic carbocycles. The number of amides is 2. The molecule has 1 fully saturated rings. The summed E-state index contributed by atoms with van der Waals surface area (Å²) in [6.45, 7) is 4.68. The van der Waals surface area contributed by atoms with Gasteiger partial charge >= 0.3 is 0 Å². The van der Waals surface area contributed by atoms with Crippen LogP contribution in [0.2, 0.25) is 0 Å². The van der Waals surface area contributed by atoms with Crippen LogP contribution in [0.25, 0.3) is 0 Å². The lowest BCUT2D eigenvalue weighted by Gasteiger charge is -2.32. The highest BCUT2D eigenvalue weighted by Crippen LogP contribution is 2.26. The average molecular weight is 330 g/mol. The van der Waals surface area contributed by atoms with E-state index < -0.39 is 0 Å². The third-order valence-electron chi connectivity index (χ3n) is 4.43. The van der Waals surface area contributed by atoms with Gasteiger partial charge in [0, 0.05) is 30.6 Å². The van der Waals surface area contributed by atoms with Crippen LogP contribution in [0.1, 0.15) is 45.1 Å². The minimum atomic E-state index is -0.243. The number of rotatable bonds is 6. The maximum atomic E-state index is 12.7. The fourth-order valence-corrected chi connectivity index (χ4v) is 2.88. The number of carbonyl (C=O) groups is 2. The van der Waals surface area contributed by atoms with E-state index in [-0.39, 0.29) is 30.2 Å². The Labute approximate surface area is 143 Å². The van der Waals surface area contributed by atoms with Crippen LogP contribution < -0.4 is 16.1 Å². The molecule has 24 heavy (non-hydrogen) atoms. The predicted octanol–water partition coefficient (Wildman–Crippen LogP) is 2.03. The van der Waals surface area contributed by atoms with Gasteiger partial charge in [-0.2, -0.15) is 5.10 Å². The van der Waals surface area contributed by atoms with Crippen molar-refractivity contribution in [2.75, 3.05) is 11.4 Å². The van der Waals surface area contributed by atoms with Crippen molar-refractivity contribution in [3.63, 3.8) is 0 Å². The largest absolute Gasteiger partial charge is 0.354 e. The molecule has 1 saturated heterocycles. The summed E-state index contributed by atoms with van der Waals surface area (Å²) in [7, 11) is 0. The predicted molar refractivity (Wildman–Crippen MR) is 95.8 cm³/mol. The molecule has 6 nitrogen and oxygen atoms in total. The van der Waals surface area contributed by atoms with E-state index in [1.54, 1.807) is 11.1 Å². The maximum absolute atomic E-state index is 12.7. The topological polar surface area (TPSA) is 87.8 Å². The Balaban J connectivity index is 2.02. The molecular weight excluding hydrogens is 304 g/mol. The van der Waals surface area contributed by atoms with Crippen molar-refractivity contribution in [3.05, 3.63) is 29.8 Å². The van der Waals surface area contributed by atoms with Gasteiger partial charge in [0.15, 0.2) is 0 Å². The van der Waals surface area contributed by atoms with Crippen molar-refractivity contribution >= 4 is 23.7 Å². The Bertz CT molecular complexity index is 598. The quantitative estimate of drug-likeness (QED) is 0.475. The third kappa shape index (κ3) is 4.57. The zero-order valence-corrected chi connectivity index (χ0v) is 14.4. The molecular formula is C18H26N4O2. The first-order chi connectivity index (χ1) is 11.5. The summed E-state index contributed by atoms with van der Waals surface area (Å²) >= 11 is 0. The second-order valence-corrected chi connectivity index (χ2v) is 6.28. The molecule has 3 N–H and O–H groups in total. The van der Waals surface area contributed by atoms with Gasteiger partial charge < -0.3 is 16.1 Å². The fraction of sp³-hybridized carbons (Fsp3) is 0.500. The standard InChI is InChI=1S/C18H26N4O2/c1-3-13(2)21-17(23)11-15-5-4-10-22(18(15)24)16-8-6-14(7-9-16)12-20-19/h6-9,12-13,15H,3-5,10-11,19H2,1-2H3,(H,21,23). The molecule has 0 bridgehead atoms. The molecule has 6 heteroatoms. The number of hydrogen-bond acceptors (Lipinski definition) is 4. The van der Waals surface area contributed by atoms with E-state index in [1.807, 2.05) is 38.1 Å². The van der Waals surface area contributed by atoms with Crippen LogP contribution >= 0.6 is 0 Å². The second kappa shape index (κ2) is 8.47. The number of nitrogens with one attached hydrogen (secondary N) is 1. The van der Waals surface area contributed by atoms with Crippen LogP contribution in [0, 0.1) is 5.92 Å². The molecule has 0 radical (unpaired) electrons. The van der Waals surface area contributed by atoms with Gasteiger partial charge in [0.2, 0.25) is 11.8 Å². The van der Waals surface area contributed by atoms with Crippen molar-refractivity contribution in [1.29, 1.82) is 0 Å². The van der Waals surface area contributed by atoms with Crippen LogP contribution in [0.15, 0.2) is 29.4 Å². The van der Waals surface area contributed by atoms with Gasteiger partial charge in [0.1, 0.15) is 0 Å². The molecule has 2 amide bonds. The summed E-state index contributed by atoms with van der Waals surface area (Å²) in [5.41, 5.74) is 1.73.